The molecule has 1 aromatic heterocycles. The van der Waals surface area contributed by atoms with Gasteiger partial charge in [0.25, 0.3) is 5.91 Å². The highest BCUT2D eigenvalue weighted by molar-refractivity contribution is 6.30. The van der Waals surface area contributed by atoms with Crippen LogP contribution in [0.25, 0.3) is 0 Å². The average molecular weight is 361 g/mol. The molecule has 3 rings (SSSR count). The van der Waals surface area contributed by atoms with Crippen molar-refractivity contribution in [3.63, 3.8) is 0 Å². The molecule has 6 heteroatoms. The quantitative estimate of drug-likeness (QED) is 0.793. The topological polar surface area (TPSA) is 61.0 Å². The van der Waals surface area contributed by atoms with E-state index in [9.17, 15) is 4.79 Å². The molecular weight excluding hydrogens is 336 g/mol. The van der Waals surface area contributed by atoms with Crippen LogP contribution < -0.4 is 5.32 Å². The summed E-state index contributed by atoms with van der Waals surface area (Å²) in [7, 11) is 0. The standard InChI is InChI=1S/C19H25ClN4O/c1-2-5-16-12-17(23-22-16)19(25)21-13-18(24-10-3-4-11-24)14-6-8-15(20)9-7-14/h6-9,12,18H,2-5,10-11,13H2,1H3,(H,21,25)(H,22,23)/t18-/m1/s1. The number of aryl methyl sites for hydroxylation is 1. The van der Waals surface area contributed by atoms with Crippen LogP contribution in [0.1, 0.15) is 54.0 Å². The van der Waals surface area contributed by atoms with Gasteiger partial charge in [-0.05, 0) is 56.1 Å². The van der Waals surface area contributed by atoms with Crippen LogP contribution in [-0.2, 0) is 6.42 Å². The smallest absolute Gasteiger partial charge is 0.271 e. The first kappa shape index (κ1) is 18.0. The summed E-state index contributed by atoms with van der Waals surface area (Å²) in [6.07, 6.45) is 4.34. The van der Waals surface area contributed by atoms with Gasteiger partial charge in [-0.2, -0.15) is 5.10 Å². The Labute approximate surface area is 153 Å². The molecule has 5 nitrogen and oxygen atoms in total. The lowest BCUT2D eigenvalue weighted by molar-refractivity contribution is 0.0933. The van der Waals surface area contributed by atoms with Gasteiger partial charge in [-0.25, -0.2) is 0 Å². The maximum atomic E-state index is 12.4. The van der Waals surface area contributed by atoms with E-state index >= 15 is 0 Å². The van der Waals surface area contributed by atoms with Gasteiger partial charge in [0.1, 0.15) is 5.69 Å². The van der Waals surface area contributed by atoms with Crippen molar-refractivity contribution in [2.75, 3.05) is 19.6 Å². The maximum absolute atomic E-state index is 12.4. The Morgan fingerprint density at radius 3 is 2.72 bits per heavy atom. The molecule has 1 fully saturated rings. The number of likely N-dealkylation sites (tertiary alicyclic amines) is 1. The SMILES string of the molecule is CCCc1cc(C(=O)NC[C@H](c2ccc(Cl)cc2)N2CCCC2)n[nH]1. The summed E-state index contributed by atoms with van der Waals surface area (Å²) in [5.41, 5.74) is 2.64. The molecule has 0 saturated carbocycles. The third-order valence-electron chi connectivity index (χ3n) is 4.68. The molecule has 134 valence electrons. The number of carbonyl (C=O) groups excluding carboxylic acids is 1. The summed E-state index contributed by atoms with van der Waals surface area (Å²) < 4.78 is 0. The number of H-pyrrole nitrogens is 1. The summed E-state index contributed by atoms with van der Waals surface area (Å²) in [5.74, 6) is -0.128. The monoisotopic (exact) mass is 360 g/mol. The number of nitrogens with one attached hydrogen (secondary N) is 2. The van der Waals surface area contributed by atoms with Gasteiger partial charge in [0, 0.05) is 17.3 Å². The minimum absolute atomic E-state index is 0.128. The molecule has 0 unspecified atom stereocenters. The molecule has 0 aliphatic carbocycles. The Bertz CT molecular complexity index is 692. The van der Waals surface area contributed by atoms with E-state index in [0.29, 0.717) is 12.2 Å². The van der Waals surface area contributed by atoms with Crippen LogP contribution in [0.15, 0.2) is 30.3 Å². The number of benzene rings is 1. The fraction of sp³-hybridized carbons (Fsp3) is 0.474. The third kappa shape index (κ3) is 4.61. The van der Waals surface area contributed by atoms with E-state index in [-0.39, 0.29) is 11.9 Å². The number of hydrogen-bond acceptors (Lipinski definition) is 3. The van der Waals surface area contributed by atoms with Crippen molar-refractivity contribution < 1.29 is 4.79 Å². The van der Waals surface area contributed by atoms with Crippen LogP contribution in [0.4, 0.5) is 0 Å². The van der Waals surface area contributed by atoms with Gasteiger partial charge in [-0.1, -0.05) is 37.1 Å². The van der Waals surface area contributed by atoms with E-state index in [1.165, 1.54) is 18.4 Å². The van der Waals surface area contributed by atoms with Crippen molar-refractivity contribution in [3.8, 4) is 0 Å². The number of amides is 1. The molecule has 1 aromatic carbocycles. The number of aromatic nitrogens is 2. The van der Waals surface area contributed by atoms with E-state index < -0.39 is 0 Å². The van der Waals surface area contributed by atoms with E-state index in [1.54, 1.807) is 0 Å². The zero-order chi connectivity index (χ0) is 17.6. The highest BCUT2D eigenvalue weighted by Gasteiger charge is 2.24. The summed E-state index contributed by atoms with van der Waals surface area (Å²) >= 11 is 6.02. The Balaban J connectivity index is 1.67. The van der Waals surface area contributed by atoms with Gasteiger partial charge in [0.2, 0.25) is 0 Å². The van der Waals surface area contributed by atoms with Crippen LogP contribution in [0, 0.1) is 0 Å². The Kier molecular flexibility index (Phi) is 6.10. The van der Waals surface area contributed by atoms with Gasteiger partial charge in [0.05, 0.1) is 6.04 Å². The summed E-state index contributed by atoms with van der Waals surface area (Å²) in [5, 5.41) is 10.8. The Morgan fingerprint density at radius 1 is 1.32 bits per heavy atom. The molecule has 2 N–H and O–H groups in total. The largest absolute Gasteiger partial charge is 0.349 e. The number of halogens is 1. The summed E-state index contributed by atoms with van der Waals surface area (Å²) in [4.78, 5) is 14.9. The predicted octanol–water partition coefficient (Wildman–Crippen LogP) is 3.58. The molecule has 0 radical (unpaired) electrons. The molecule has 2 heterocycles. The minimum atomic E-state index is -0.128. The predicted molar refractivity (Wildman–Crippen MR) is 99.9 cm³/mol. The highest BCUT2D eigenvalue weighted by Crippen LogP contribution is 2.25. The van der Waals surface area contributed by atoms with Gasteiger partial charge >= 0.3 is 0 Å². The lowest BCUT2D eigenvalue weighted by atomic mass is 10.1. The van der Waals surface area contributed by atoms with Crippen molar-refractivity contribution in [2.24, 2.45) is 0 Å². The van der Waals surface area contributed by atoms with Crippen molar-refractivity contribution in [2.45, 2.75) is 38.6 Å². The lowest BCUT2D eigenvalue weighted by Crippen LogP contribution is -2.36. The number of nitrogens with zero attached hydrogens (tertiary/aromatic N) is 2. The van der Waals surface area contributed by atoms with Gasteiger partial charge in [-0.3, -0.25) is 14.8 Å². The van der Waals surface area contributed by atoms with Crippen LogP contribution in [0.3, 0.4) is 0 Å². The molecule has 1 amide bonds. The molecule has 1 aliphatic rings. The van der Waals surface area contributed by atoms with Crippen LogP contribution in [0.2, 0.25) is 5.02 Å². The summed E-state index contributed by atoms with van der Waals surface area (Å²) in [6, 6.07) is 9.92. The fourth-order valence-electron chi connectivity index (χ4n) is 3.35. The summed E-state index contributed by atoms with van der Waals surface area (Å²) in [6.45, 7) is 4.79. The van der Waals surface area contributed by atoms with Crippen molar-refractivity contribution in [1.29, 1.82) is 0 Å². The van der Waals surface area contributed by atoms with Gasteiger partial charge < -0.3 is 5.32 Å². The highest BCUT2D eigenvalue weighted by atomic mass is 35.5. The van der Waals surface area contributed by atoms with Gasteiger partial charge in [-0.15, -0.1) is 0 Å². The second-order valence-corrected chi connectivity index (χ2v) is 6.99. The second-order valence-electron chi connectivity index (χ2n) is 6.55. The zero-order valence-electron chi connectivity index (χ0n) is 14.6. The maximum Gasteiger partial charge on any atom is 0.271 e. The number of hydrogen-bond donors (Lipinski definition) is 2. The average Bonchev–Trinajstić information content (AvgIpc) is 3.29. The minimum Gasteiger partial charge on any atom is -0.349 e. The van der Waals surface area contributed by atoms with Crippen LogP contribution in [-0.4, -0.2) is 40.6 Å². The first-order valence-electron chi connectivity index (χ1n) is 8.99. The first-order chi connectivity index (χ1) is 12.2. The van der Waals surface area contributed by atoms with Crippen molar-refractivity contribution in [1.82, 2.24) is 20.4 Å². The normalized spacial score (nSPS) is 16.1. The van der Waals surface area contributed by atoms with E-state index in [4.69, 9.17) is 11.6 Å². The molecule has 1 saturated heterocycles. The fourth-order valence-corrected chi connectivity index (χ4v) is 3.48. The first-order valence-corrected chi connectivity index (χ1v) is 9.37. The van der Waals surface area contributed by atoms with Crippen LogP contribution >= 0.6 is 11.6 Å². The Morgan fingerprint density at radius 2 is 2.04 bits per heavy atom. The van der Waals surface area contributed by atoms with Crippen LogP contribution in [0.5, 0.6) is 0 Å². The van der Waals surface area contributed by atoms with E-state index in [0.717, 1.165) is 36.6 Å². The molecule has 0 spiro atoms. The second kappa shape index (κ2) is 8.50. The molecule has 1 atom stereocenters. The number of aromatic amines is 1. The van der Waals surface area contributed by atoms with Crippen molar-refractivity contribution in [3.05, 3.63) is 52.3 Å². The van der Waals surface area contributed by atoms with E-state index in [2.05, 4.69) is 27.3 Å². The Hall–Kier alpha value is -1.85. The zero-order valence-corrected chi connectivity index (χ0v) is 15.4. The number of carbonyl (C=O) groups is 1. The number of rotatable bonds is 7. The molecule has 0 bridgehead atoms. The van der Waals surface area contributed by atoms with E-state index in [1.807, 2.05) is 30.3 Å². The van der Waals surface area contributed by atoms with Gasteiger partial charge in [0.15, 0.2) is 0 Å². The molecule has 1 aliphatic heterocycles. The van der Waals surface area contributed by atoms with Crippen molar-refractivity contribution >= 4 is 17.5 Å². The molecule has 25 heavy (non-hydrogen) atoms. The third-order valence-corrected chi connectivity index (χ3v) is 4.93. The lowest BCUT2D eigenvalue weighted by Gasteiger charge is -2.28. The molecule has 2 aromatic rings. The molecular formula is C19H25ClN4O.